The summed E-state index contributed by atoms with van der Waals surface area (Å²) in [6.45, 7) is 3.55. The van der Waals surface area contributed by atoms with Gasteiger partial charge in [0.15, 0.2) is 0 Å². The molecule has 1 fully saturated rings. The Kier molecular flexibility index (Phi) is 2.68. The molecule has 5 heteroatoms. The van der Waals surface area contributed by atoms with Crippen LogP contribution in [0.3, 0.4) is 0 Å². The molecule has 5 nitrogen and oxygen atoms in total. The number of fused-ring (bicyclic) bond motifs is 1. The number of benzene rings is 1. The number of nitriles is 1. The van der Waals surface area contributed by atoms with Crippen molar-refractivity contribution in [1.29, 1.82) is 5.26 Å². The van der Waals surface area contributed by atoms with E-state index >= 15 is 0 Å². The monoisotopic (exact) mass is 256 g/mol. The summed E-state index contributed by atoms with van der Waals surface area (Å²) >= 11 is 0. The third-order valence-corrected chi connectivity index (χ3v) is 3.79. The number of nitrogens with two attached hydrogens (primary N) is 1. The number of nitrogens with zero attached hydrogens (tertiary/aromatic N) is 3. The first kappa shape index (κ1) is 12.0. The zero-order valence-corrected chi connectivity index (χ0v) is 10.9. The van der Waals surface area contributed by atoms with E-state index in [0.29, 0.717) is 23.6 Å². The predicted octanol–water partition coefficient (Wildman–Crippen LogP) is 2.02. The molecule has 2 heterocycles. The van der Waals surface area contributed by atoms with Crippen molar-refractivity contribution in [2.45, 2.75) is 25.3 Å². The Balaban J connectivity index is 2.24. The maximum absolute atomic E-state index is 9.15. The molecule has 0 spiro atoms. The Labute approximate surface area is 111 Å². The van der Waals surface area contributed by atoms with Crippen LogP contribution >= 0.6 is 0 Å². The van der Waals surface area contributed by atoms with Crippen LogP contribution in [0.4, 0.5) is 5.95 Å². The molecule has 0 saturated carbocycles. The van der Waals surface area contributed by atoms with Gasteiger partial charge in [0.1, 0.15) is 11.6 Å². The fourth-order valence-corrected chi connectivity index (χ4v) is 2.87. The number of ether oxygens (including phenoxy) is 1. The second-order valence-corrected chi connectivity index (χ2v) is 5.24. The lowest BCUT2D eigenvalue weighted by Crippen LogP contribution is -2.39. The number of para-hydroxylation sites is 1. The summed E-state index contributed by atoms with van der Waals surface area (Å²) in [6, 6.07) is 7.75. The van der Waals surface area contributed by atoms with E-state index in [2.05, 4.69) is 18.0 Å². The van der Waals surface area contributed by atoms with Crippen LogP contribution in [0.5, 0.6) is 0 Å². The standard InChI is InChI=1S/C14H16N4O/c1-14(6-3-7-19-9-14)18-11-5-2-4-10(8-15)12(11)17-13(18)16/h2,4-5H,3,6-7,9H2,1H3,(H2,16,17). The number of aromatic nitrogens is 2. The molecule has 2 aromatic rings. The van der Waals surface area contributed by atoms with Gasteiger partial charge in [-0.1, -0.05) is 6.07 Å². The van der Waals surface area contributed by atoms with Gasteiger partial charge in [0.2, 0.25) is 5.95 Å². The molecular formula is C14H16N4O. The van der Waals surface area contributed by atoms with Crippen molar-refractivity contribution in [3.63, 3.8) is 0 Å². The number of hydrogen-bond acceptors (Lipinski definition) is 4. The summed E-state index contributed by atoms with van der Waals surface area (Å²) < 4.78 is 7.62. The Morgan fingerprint density at radius 3 is 3.05 bits per heavy atom. The zero-order valence-electron chi connectivity index (χ0n) is 10.9. The fraction of sp³-hybridized carbons (Fsp3) is 0.429. The molecular weight excluding hydrogens is 240 g/mol. The topological polar surface area (TPSA) is 76.9 Å². The molecule has 98 valence electrons. The molecule has 1 aliphatic rings. The summed E-state index contributed by atoms with van der Waals surface area (Å²) in [5.41, 5.74) is 8.03. The third kappa shape index (κ3) is 1.76. The SMILES string of the molecule is CC1(n2c(N)nc3c(C#N)cccc32)CCCOC1. The largest absolute Gasteiger partial charge is 0.379 e. The Morgan fingerprint density at radius 2 is 2.37 bits per heavy atom. The molecule has 1 unspecified atom stereocenters. The van der Waals surface area contributed by atoms with Gasteiger partial charge in [-0.3, -0.25) is 0 Å². The van der Waals surface area contributed by atoms with Gasteiger partial charge in [-0.05, 0) is 31.9 Å². The quantitative estimate of drug-likeness (QED) is 0.846. The Hall–Kier alpha value is -2.06. The minimum Gasteiger partial charge on any atom is -0.379 e. The van der Waals surface area contributed by atoms with Gasteiger partial charge < -0.3 is 15.0 Å². The normalized spacial score (nSPS) is 23.4. The summed E-state index contributed by atoms with van der Waals surface area (Å²) in [4.78, 5) is 4.37. The van der Waals surface area contributed by atoms with Crippen LogP contribution in [0.1, 0.15) is 25.3 Å². The highest BCUT2D eigenvalue weighted by Crippen LogP contribution is 2.34. The van der Waals surface area contributed by atoms with Crippen LogP contribution in [0.15, 0.2) is 18.2 Å². The van der Waals surface area contributed by atoms with E-state index in [0.717, 1.165) is 25.0 Å². The molecule has 1 aromatic carbocycles. The van der Waals surface area contributed by atoms with Crippen LogP contribution in [-0.4, -0.2) is 22.8 Å². The maximum Gasteiger partial charge on any atom is 0.201 e. The minimum atomic E-state index is -0.189. The minimum absolute atomic E-state index is 0.189. The molecule has 19 heavy (non-hydrogen) atoms. The molecule has 1 aliphatic heterocycles. The summed E-state index contributed by atoms with van der Waals surface area (Å²) in [5, 5.41) is 9.15. The van der Waals surface area contributed by atoms with E-state index in [1.165, 1.54) is 0 Å². The highest BCUT2D eigenvalue weighted by molar-refractivity contribution is 5.84. The first-order valence-corrected chi connectivity index (χ1v) is 6.41. The second-order valence-electron chi connectivity index (χ2n) is 5.24. The van der Waals surface area contributed by atoms with Gasteiger partial charge >= 0.3 is 0 Å². The van der Waals surface area contributed by atoms with E-state index in [1.807, 2.05) is 16.7 Å². The van der Waals surface area contributed by atoms with Crippen LogP contribution in [-0.2, 0) is 10.3 Å². The Bertz CT molecular complexity index is 662. The van der Waals surface area contributed by atoms with Crippen molar-refractivity contribution >= 4 is 17.0 Å². The van der Waals surface area contributed by atoms with Crippen molar-refractivity contribution in [1.82, 2.24) is 9.55 Å². The molecule has 1 atom stereocenters. The highest BCUT2D eigenvalue weighted by Gasteiger charge is 2.33. The van der Waals surface area contributed by atoms with E-state index in [-0.39, 0.29) is 5.54 Å². The number of nitrogen functional groups attached to an aromatic ring is 1. The van der Waals surface area contributed by atoms with Crippen molar-refractivity contribution < 1.29 is 4.74 Å². The molecule has 0 amide bonds. The average molecular weight is 256 g/mol. The molecule has 0 bridgehead atoms. The average Bonchev–Trinajstić information content (AvgIpc) is 2.76. The first-order valence-electron chi connectivity index (χ1n) is 6.41. The lowest BCUT2D eigenvalue weighted by Gasteiger charge is -2.35. The van der Waals surface area contributed by atoms with Crippen molar-refractivity contribution in [3.05, 3.63) is 23.8 Å². The van der Waals surface area contributed by atoms with Crippen LogP contribution < -0.4 is 5.73 Å². The van der Waals surface area contributed by atoms with E-state index < -0.39 is 0 Å². The summed E-state index contributed by atoms with van der Waals surface area (Å²) in [7, 11) is 0. The lowest BCUT2D eigenvalue weighted by molar-refractivity contribution is 0.0124. The number of hydrogen-bond donors (Lipinski definition) is 1. The van der Waals surface area contributed by atoms with Crippen LogP contribution in [0, 0.1) is 11.3 Å². The van der Waals surface area contributed by atoms with E-state index in [4.69, 9.17) is 15.7 Å². The molecule has 2 N–H and O–H groups in total. The molecule has 3 rings (SSSR count). The summed E-state index contributed by atoms with van der Waals surface area (Å²) in [5.74, 6) is 0.450. The molecule has 0 aliphatic carbocycles. The zero-order chi connectivity index (χ0) is 13.5. The second kappa shape index (κ2) is 4.25. The lowest BCUT2D eigenvalue weighted by atomic mass is 9.94. The van der Waals surface area contributed by atoms with E-state index in [1.54, 1.807) is 6.07 Å². The van der Waals surface area contributed by atoms with Gasteiger partial charge in [-0.2, -0.15) is 5.26 Å². The van der Waals surface area contributed by atoms with Crippen LogP contribution in [0.25, 0.3) is 11.0 Å². The van der Waals surface area contributed by atoms with Gasteiger partial charge in [0, 0.05) is 6.61 Å². The van der Waals surface area contributed by atoms with Crippen molar-refractivity contribution in [3.8, 4) is 6.07 Å². The number of rotatable bonds is 1. The number of imidazole rings is 1. The van der Waals surface area contributed by atoms with Gasteiger partial charge in [-0.15, -0.1) is 0 Å². The predicted molar refractivity (Wildman–Crippen MR) is 72.6 cm³/mol. The van der Waals surface area contributed by atoms with Crippen LogP contribution in [0.2, 0.25) is 0 Å². The molecule has 1 saturated heterocycles. The third-order valence-electron chi connectivity index (χ3n) is 3.79. The maximum atomic E-state index is 9.15. The van der Waals surface area contributed by atoms with Gasteiger partial charge in [-0.25, -0.2) is 4.98 Å². The first-order chi connectivity index (χ1) is 9.15. The molecule has 1 aromatic heterocycles. The smallest absolute Gasteiger partial charge is 0.201 e. The molecule has 0 radical (unpaired) electrons. The number of anilines is 1. The van der Waals surface area contributed by atoms with Gasteiger partial charge in [0.05, 0.1) is 23.2 Å². The highest BCUT2D eigenvalue weighted by atomic mass is 16.5. The summed E-state index contributed by atoms with van der Waals surface area (Å²) in [6.07, 6.45) is 2.01. The fourth-order valence-electron chi connectivity index (χ4n) is 2.87. The van der Waals surface area contributed by atoms with Crippen molar-refractivity contribution in [2.75, 3.05) is 18.9 Å². The Morgan fingerprint density at radius 1 is 1.53 bits per heavy atom. The van der Waals surface area contributed by atoms with Crippen molar-refractivity contribution in [2.24, 2.45) is 0 Å². The van der Waals surface area contributed by atoms with E-state index in [9.17, 15) is 0 Å². The van der Waals surface area contributed by atoms with Gasteiger partial charge in [0.25, 0.3) is 0 Å².